The van der Waals surface area contributed by atoms with Gasteiger partial charge in [-0.15, -0.1) is 0 Å². The summed E-state index contributed by atoms with van der Waals surface area (Å²) in [5.74, 6) is -0.0750. The zero-order valence-corrected chi connectivity index (χ0v) is 17.4. The molecule has 2 aromatic carbocycles. The lowest BCUT2D eigenvalue weighted by molar-refractivity contribution is 0.0698. The third kappa shape index (κ3) is 5.00. The van der Waals surface area contributed by atoms with Gasteiger partial charge in [-0.25, -0.2) is 13.2 Å². The molecule has 1 saturated heterocycles. The lowest BCUT2D eigenvalue weighted by Gasteiger charge is -2.33. The third-order valence-electron chi connectivity index (χ3n) is 4.95. The number of nitrogens with one attached hydrogen (secondary N) is 1. The van der Waals surface area contributed by atoms with Crippen molar-refractivity contribution in [3.63, 3.8) is 0 Å². The molecule has 1 heterocycles. The van der Waals surface area contributed by atoms with Gasteiger partial charge in [-0.05, 0) is 68.1 Å². The Kier molecular flexibility index (Phi) is 6.32. The highest BCUT2D eigenvalue weighted by atomic mass is 32.2. The number of benzene rings is 2. The van der Waals surface area contributed by atoms with Crippen LogP contribution in [0.15, 0.2) is 47.4 Å². The Morgan fingerprint density at radius 2 is 1.97 bits per heavy atom. The van der Waals surface area contributed by atoms with E-state index in [4.69, 9.17) is 4.74 Å². The smallest absolute Gasteiger partial charge is 0.337 e. The lowest BCUT2D eigenvalue weighted by atomic mass is 9.99. The van der Waals surface area contributed by atoms with Crippen molar-refractivity contribution >= 4 is 27.4 Å². The molecule has 8 heteroatoms. The average Bonchev–Trinajstić information content (AvgIpc) is 2.68. The summed E-state index contributed by atoms with van der Waals surface area (Å²) in [5.41, 5.74) is 0.758. The fourth-order valence-electron chi connectivity index (χ4n) is 3.50. The molecule has 1 aliphatic heterocycles. The molecule has 0 aromatic heterocycles. The number of carbonyl (C=O) groups is 1. The Morgan fingerprint density at radius 1 is 1.24 bits per heavy atom. The van der Waals surface area contributed by atoms with Crippen molar-refractivity contribution in [3.05, 3.63) is 48.0 Å². The van der Waals surface area contributed by atoms with Gasteiger partial charge in [0.1, 0.15) is 5.75 Å². The summed E-state index contributed by atoms with van der Waals surface area (Å²) in [4.78, 5) is 14.0. The SMILES string of the molecule is CCOc1ccc(S(=O)(=O)Nc2ccc(N3CCC[C@H](C)C3)cc2C(=O)O)cc1. The van der Waals surface area contributed by atoms with E-state index in [0.29, 0.717) is 18.3 Å². The van der Waals surface area contributed by atoms with Crippen LogP contribution in [-0.2, 0) is 10.0 Å². The van der Waals surface area contributed by atoms with Crippen LogP contribution in [0, 0.1) is 5.92 Å². The van der Waals surface area contributed by atoms with Crippen molar-refractivity contribution in [1.82, 2.24) is 0 Å². The molecule has 1 fully saturated rings. The second kappa shape index (κ2) is 8.73. The van der Waals surface area contributed by atoms with Crippen LogP contribution in [0.4, 0.5) is 11.4 Å². The van der Waals surface area contributed by atoms with Crippen LogP contribution in [0.25, 0.3) is 0 Å². The maximum absolute atomic E-state index is 12.7. The van der Waals surface area contributed by atoms with Crippen LogP contribution in [0.2, 0.25) is 0 Å². The van der Waals surface area contributed by atoms with E-state index < -0.39 is 16.0 Å². The number of sulfonamides is 1. The number of hydrogen-bond acceptors (Lipinski definition) is 5. The summed E-state index contributed by atoms with van der Waals surface area (Å²) in [7, 11) is -3.93. The predicted octanol–water partition coefficient (Wildman–Crippen LogP) is 3.82. The molecular formula is C21H26N2O5S. The van der Waals surface area contributed by atoms with E-state index in [1.54, 1.807) is 18.2 Å². The third-order valence-corrected chi connectivity index (χ3v) is 6.33. The van der Waals surface area contributed by atoms with Gasteiger partial charge in [0.15, 0.2) is 0 Å². The second-order valence-corrected chi connectivity index (χ2v) is 8.92. The Balaban J connectivity index is 1.86. The Morgan fingerprint density at radius 3 is 2.59 bits per heavy atom. The van der Waals surface area contributed by atoms with E-state index in [1.165, 1.54) is 24.3 Å². The Bertz CT molecular complexity index is 973. The number of carboxylic acids is 1. The molecule has 0 radical (unpaired) electrons. The van der Waals surface area contributed by atoms with E-state index in [0.717, 1.165) is 31.6 Å². The summed E-state index contributed by atoms with van der Waals surface area (Å²) in [6, 6.07) is 10.8. The summed E-state index contributed by atoms with van der Waals surface area (Å²) < 4.78 is 33.2. The van der Waals surface area contributed by atoms with Gasteiger partial charge < -0.3 is 14.7 Å². The molecule has 0 spiro atoms. The zero-order chi connectivity index (χ0) is 21.0. The van der Waals surface area contributed by atoms with Crippen molar-refractivity contribution in [3.8, 4) is 5.75 Å². The first-order chi connectivity index (χ1) is 13.8. The first-order valence-corrected chi connectivity index (χ1v) is 11.2. The molecule has 1 atom stereocenters. The molecule has 7 nitrogen and oxygen atoms in total. The van der Waals surface area contributed by atoms with Crippen LogP contribution >= 0.6 is 0 Å². The number of hydrogen-bond donors (Lipinski definition) is 2. The second-order valence-electron chi connectivity index (χ2n) is 7.24. The topological polar surface area (TPSA) is 95.9 Å². The molecule has 0 amide bonds. The largest absolute Gasteiger partial charge is 0.494 e. The molecule has 156 valence electrons. The van der Waals surface area contributed by atoms with E-state index in [1.807, 2.05) is 6.92 Å². The van der Waals surface area contributed by atoms with E-state index >= 15 is 0 Å². The lowest BCUT2D eigenvalue weighted by Crippen LogP contribution is -2.34. The monoisotopic (exact) mass is 418 g/mol. The van der Waals surface area contributed by atoms with Crippen LogP contribution in [-0.4, -0.2) is 39.2 Å². The minimum atomic E-state index is -3.93. The standard InChI is InChI=1S/C21H26N2O5S/c1-3-28-17-7-9-18(10-8-17)29(26,27)22-20-11-6-16(13-19(20)21(24)25)23-12-4-5-15(2)14-23/h6-11,13,15,22H,3-5,12,14H2,1-2H3,(H,24,25)/t15-/m0/s1. The maximum atomic E-state index is 12.7. The van der Waals surface area contributed by atoms with Gasteiger partial charge in [-0.3, -0.25) is 4.72 Å². The number of piperidine rings is 1. The van der Waals surface area contributed by atoms with E-state index in [2.05, 4.69) is 16.5 Å². The summed E-state index contributed by atoms with van der Waals surface area (Å²) in [6.07, 6.45) is 2.21. The van der Waals surface area contributed by atoms with Crippen molar-refractivity contribution in [2.75, 3.05) is 29.3 Å². The van der Waals surface area contributed by atoms with Crippen molar-refractivity contribution in [2.24, 2.45) is 5.92 Å². The Labute approximate surface area is 171 Å². The fraction of sp³-hybridized carbons (Fsp3) is 0.381. The number of aromatic carboxylic acids is 1. The molecule has 0 bridgehead atoms. The highest BCUT2D eigenvalue weighted by Crippen LogP contribution is 2.29. The van der Waals surface area contributed by atoms with Crippen LogP contribution in [0.5, 0.6) is 5.75 Å². The number of rotatable bonds is 7. The molecule has 0 aliphatic carbocycles. The molecule has 0 unspecified atom stereocenters. The van der Waals surface area contributed by atoms with Gasteiger partial charge in [-0.2, -0.15) is 0 Å². The summed E-state index contributed by atoms with van der Waals surface area (Å²) in [6.45, 7) is 6.21. The van der Waals surface area contributed by atoms with Gasteiger partial charge in [-0.1, -0.05) is 6.92 Å². The van der Waals surface area contributed by atoms with E-state index in [-0.39, 0.29) is 16.1 Å². The molecule has 2 N–H and O–H groups in total. The van der Waals surface area contributed by atoms with Gasteiger partial charge in [0.25, 0.3) is 10.0 Å². The number of ether oxygens (including phenoxy) is 1. The molecule has 0 saturated carbocycles. The van der Waals surface area contributed by atoms with Crippen molar-refractivity contribution in [2.45, 2.75) is 31.6 Å². The first kappa shape index (κ1) is 21.0. The number of anilines is 2. The van der Waals surface area contributed by atoms with Crippen molar-refractivity contribution < 1.29 is 23.1 Å². The number of nitrogens with zero attached hydrogens (tertiary/aromatic N) is 1. The average molecular weight is 419 g/mol. The minimum Gasteiger partial charge on any atom is -0.494 e. The highest BCUT2D eigenvalue weighted by Gasteiger charge is 2.22. The quantitative estimate of drug-likeness (QED) is 0.710. The van der Waals surface area contributed by atoms with Crippen LogP contribution in [0.3, 0.4) is 0 Å². The molecule has 3 rings (SSSR count). The fourth-order valence-corrected chi connectivity index (χ4v) is 4.58. The van der Waals surface area contributed by atoms with Gasteiger partial charge in [0, 0.05) is 18.8 Å². The minimum absolute atomic E-state index is 0.0335. The molecule has 2 aromatic rings. The maximum Gasteiger partial charge on any atom is 0.337 e. The zero-order valence-electron chi connectivity index (χ0n) is 16.6. The normalized spacial score (nSPS) is 17.0. The van der Waals surface area contributed by atoms with Gasteiger partial charge in [0.05, 0.1) is 22.8 Å². The van der Waals surface area contributed by atoms with Gasteiger partial charge in [0.2, 0.25) is 0 Å². The predicted molar refractivity (Wildman–Crippen MR) is 112 cm³/mol. The summed E-state index contributed by atoms with van der Waals surface area (Å²) in [5, 5.41) is 9.63. The van der Waals surface area contributed by atoms with Crippen LogP contribution in [0.1, 0.15) is 37.0 Å². The first-order valence-electron chi connectivity index (χ1n) is 9.68. The summed E-state index contributed by atoms with van der Waals surface area (Å²) >= 11 is 0. The molecule has 1 aliphatic rings. The molecule has 29 heavy (non-hydrogen) atoms. The van der Waals surface area contributed by atoms with Gasteiger partial charge >= 0.3 is 5.97 Å². The highest BCUT2D eigenvalue weighted by molar-refractivity contribution is 7.92. The Hall–Kier alpha value is -2.74. The van der Waals surface area contributed by atoms with E-state index in [9.17, 15) is 18.3 Å². The van der Waals surface area contributed by atoms with Crippen molar-refractivity contribution in [1.29, 1.82) is 0 Å². The number of carboxylic acid groups (broad SMARTS) is 1. The van der Waals surface area contributed by atoms with Crippen LogP contribution < -0.4 is 14.4 Å². The molecular weight excluding hydrogens is 392 g/mol.